The fourth-order valence-corrected chi connectivity index (χ4v) is 4.99. The van der Waals surface area contributed by atoms with Crippen LogP contribution in [-0.2, 0) is 16.1 Å². The van der Waals surface area contributed by atoms with Crippen molar-refractivity contribution >= 4 is 23.4 Å². The number of carbonyl (C=O) groups is 2. The summed E-state index contributed by atoms with van der Waals surface area (Å²) in [5.41, 5.74) is 1.05. The van der Waals surface area contributed by atoms with E-state index in [1.807, 2.05) is 30.0 Å². The quantitative estimate of drug-likeness (QED) is 0.753. The Morgan fingerprint density at radius 2 is 2.00 bits per heavy atom. The summed E-state index contributed by atoms with van der Waals surface area (Å²) in [4.78, 5) is 31.3. The first-order valence-electron chi connectivity index (χ1n) is 10.7. The molecule has 0 N–H and O–H groups in total. The minimum atomic E-state index is 0.0454. The first-order chi connectivity index (χ1) is 14.0. The van der Waals surface area contributed by atoms with Gasteiger partial charge in [-0.1, -0.05) is 24.4 Å². The molecule has 1 aliphatic carbocycles. The summed E-state index contributed by atoms with van der Waals surface area (Å²) < 4.78 is 5.99. The van der Waals surface area contributed by atoms with E-state index < -0.39 is 0 Å². The van der Waals surface area contributed by atoms with Crippen molar-refractivity contribution in [3.8, 4) is 5.75 Å². The molecule has 158 valence electrons. The molecule has 4 rings (SSSR count). The van der Waals surface area contributed by atoms with E-state index in [2.05, 4.69) is 4.90 Å². The van der Waals surface area contributed by atoms with Crippen LogP contribution in [0.15, 0.2) is 18.2 Å². The van der Waals surface area contributed by atoms with Crippen molar-refractivity contribution in [3.05, 3.63) is 28.8 Å². The number of amides is 2. The van der Waals surface area contributed by atoms with Crippen molar-refractivity contribution in [3.63, 3.8) is 0 Å². The second-order valence-electron chi connectivity index (χ2n) is 8.51. The molecule has 0 bridgehead atoms. The number of nitrogens with zero attached hydrogens (tertiary/aromatic N) is 3. The third-order valence-corrected chi connectivity index (χ3v) is 6.51. The summed E-state index contributed by atoms with van der Waals surface area (Å²) in [6.45, 7) is 5.72. The van der Waals surface area contributed by atoms with Crippen LogP contribution in [0.5, 0.6) is 5.75 Å². The van der Waals surface area contributed by atoms with Crippen LogP contribution in [0.4, 0.5) is 0 Å². The highest BCUT2D eigenvalue weighted by atomic mass is 35.5. The number of ether oxygens (including phenoxy) is 1. The summed E-state index contributed by atoms with van der Waals surface area (Å²) in [6.07, 6.45) is 5.11. The number of halogens is 1. The minimum absolute atomic E-state index is 0.0454. The number of fused-ring (bicyclic) bond motifs is 1. The van der Waals surface area contributed by atoms with Gasteiger partial charge in [-0.25, -0.2) is 0 Å². The SMILES string of the molecule is CC1CN(CCC(=O)N2CCN(C3CCCC3)C(=O)C2)Cc2cc(Cl)ccc2O1. The molecule has 29 heavy (non-hydrogen) atoms. The van der Waals surface area contributed by atoms with Crippen LogP contribution < -0.4 is 4.74 Å². The molecule has 1 atom stereocenters. The van der Waals surface area contributed by atoms with Gasteiger partial charge in [0.1, 0.15) is 11.9 Å². The predicted octanol–water partition coefficient (Wildman–Crippen LogP) is 2.93. The topological polar surface area (TPSA) is 53.1 Å². The Bertz CT molecular complexity index is 766. The number of benzene rings is 1. The number of hydrogen-bond acceptors (Lipinski definition) is 4. The Morgan fingerprint density at radius 3 is 2.76 bits per heavy atom. The van der Waals surface area contributed by atoms with Gasteiger partial charge in [0.2, 0.25) is 11.8 Å². The van der Waals surface area contributed by atoms with Crippen molar-refractivity contribution < 1.29 is 14.3 Å². The van der Waals surface area contributed by atoms with Crippen LogP contribution in [-0.4, -0.2) is 71.4 Å². The molecule has 0 spiro atoms. The Labute approximate surface area is 177 Å². The number of piperazine rings is 1. The lowest BCUT2D eigenvalue weighted by Gasteiger charge is -2.38. The number of rotatable bonds is 4. The molecule has 1 saturated carbocycles. The zero-order valence-corrected chi connectivity index (χ0v) is 17.9. The summed E-state index contributed by atoms with van der Waals surface area (Å²) in [6, 6.07) is 6.09. The summed E-state index contributed by atoms with van der Waals surface area (Å²) in [5, 5.41) is 0.691. The highest BCUT2D eigenvalue weighted by Gasteiger charge is 2.33. The fourth-order valence-electron chi connectivity index (χ4n) is 4.79. The van der Waals surface area contributed by atoms with Gasteiger partial charge in [0.05, 0.1) is 6.54 Å². The van der Waals surface area contributed by atoms with Crippen molar-refractivity contribution in [2.45, 2.75) is 57.7 Å². The molecule has 2 aliphatic heterocycles. The average Bonchev–Trinajstić information content (AvgIpc) is 3.16. The summed E-state index contributed by atoms with van der Waals surface area (Å²) in [7, 11) is 0. The van der Waals surface area contributed by atoms with Crippen LogP contribution in [0.1, 0.15) is 44.6 Å². The molecule has 1 aromatic carbocycles. The van der Waals surface area contributed by atoms with Gasteiger partial charge in [0, 0.05) is 55.8 Å². The Hall–Kier alpha value is -1.79. The van der Waals surface area contributed by atoms with Gasteiger partial charge in [0.15, 0.2) is 0 Å². The lowest BCUT2D eigenvalue weighted by Crippen LogP contribution is -2.55. The molecular weight excluding hydrogens is 390 g/mol. The molecular formula is C22H30ClN3O3. The molecule has 2 amide bonds. The van der Waals surface area contributed by atoms with E-state index in [4.69, 9.17) is 16.3 Å². The van der Waals surface area contributed by atoms with Gasteiger partial charge >= 0.3 is 0 Å². The van der Waals surface area contributed by atoms with Gasteiger partial charge < -0.3 is 14.5 Å². The van der Waals surface area contributed by atoms with Gasteiger partial charge in [0.25, 0.3) is 0 Å². The third kappa shape index (κ3) is 4.86. The van der Waals surface area contributed by atoms with Gasteiger partial charge in [-0.15, -0.1) is 0 Å². The van der Waals surface area contributed by atoms with E-state index in [1.165, 1.54) is 12.8 Å². The lowest BCUT2D eigenvalue weighted by atomic mass is 10.1. The molecule has 7 heteroatoms. The van der Waals surface area contributed by atoms with Crippen molar-refractivity contribution in [2.24, 2.45) is 0 Å². The van der Waals surface area contributed by atoms with Crippen LogP contribution in [0, 0.1) is 0 Å². The van der Waals surface area contributed by atoms with Crippen LogP contribution in [0.3, 0.4) is 0 Å². The first-order valence-corrected chi connectivity index (χ1v) is 11.1. The smallest absolute Gasteiger partial charge is 0.242 e. The standard InChI is InChI=1S/C22H30ClN3O3/c1-16-13-24(14-17-12-18(23)6-7-20(17)29-16)9-8-21(27)25-10-11-26(22(28)15-25)19-4-2-3-5-19/h6-7,12,16,19H,2-5,8-11,13-15H2,1H3. The maximum absolute atomic E-state index is 12.8. The number of carbonyl (C=O) groups excluding carboxylic acids is 2. The predicted molar refractivity (Wildman–Crippen MR) is 112 cm³/mol. The molecule has 3 aliphatic rings. The van der Waals surface area contributed by atoms with Crippen LogP contribution >= 0.6 is 11.6 Å². The van der Waals surface area contributed by atoms with E-state index >= 15 is 0 Å². The first kappa shape index (κ1) is 20.5. The maximum Gasteiger partial charge on any atom is 0.242 e. The van der Waals surface area contributed by atoms with E-state index in [-0.39, 0.29) is 24.5 Å². The van der Waals surface area contributed by atoms with Crippen molar-refractivity contribution in [1.82, 2.24) is 14.7 Å². The van der Waals surface area contributed by atoms with Crippen LogP contribution in [0.2, 0.25) is 5.02 Å². The van der Waals surface area contributed by atoms with Gasteiger partial charge in [-0.2, -0.15) is 0 Å². The Morgan fingerprint density at radius 1 is 1.21 bits per heavy atom. The van der Waals surface area contributed by atoms with E-state index in [0.29, 0.717) is 43.7 Å². The van der Waals surface area contributed by atoms with Crippen molar-refractivity contribution in [2.75, 3.05) is 32.7 Å². The Balaban J connectivity index is 1.30. The number of hydrogen-bond donors (Lipinski definition) is 0. The Kier molecular flexibility index (Phi) is 6.30. The fraction of sp³-hybridized carbons (Fsp3) is 0.636. The molecule has 0 radical (unpaired) electrons. The minimum Gasteiger partial charge on any atom is -0.489 e. The molecule has 2 fully saturated rings. The molecule has 0 aromatic heterocycles. The third-order valence-electron chi connectivity index (χ3n) is 6.28. The van der Waals surface area contributed by atoms with E-state index in [1.54, 1.807) is 4.90 Å². The molecule has 1 unspecified atom stereocenters. The summed E-state index contributed by atoms with van der Waals surface area (Å²) in [5.74, 6) is 1.04. The second kappa shape index (κ2) is 8.92. The van der Waals surface area contributed by atoms with Gasteiger partial charge in [-0.3, -0.25) is 14.5 Å². The van der Waals surface area contributed by atoms with E-state index in [0.717, 1.165) is 30.7 Å². The summed E-state index contributed by atoms with van der Waals surface area (Å²) >= 11 is 6.14. The monoisotopic (exact) mass is 419 g/mol. The molecule has 1 aromatic rings. The molecule has 2 heterocycles. The normalized spacial score (nSPS) is 23.7. The van der Waals surface area contributed by atoms with Crippen molar-refractivity contribution in [1.29, 1.82) is 0 Å². The highest BCUT2D eigenvalue weighted by Crippen LogP contribution is 2.28. The zero-order chi connectivity index (χ0) is 20.4. The molecule has 1 saturated heterocycles. The molecule has 6 nitrogen and oxygen atoms in total. The zero-order valence-electron chi connectivity index (χ0n) is 17.1. The van der Waals surface area contributed by atoms with E-state index in [9.17, 15) is 9.59 Å². The van der Waals surface area contributed by atoms with Gasteiger partial charge in [-0.05, 0) is 38.0 Å². The second-order valence-corrected chi connectivity index (χ2v) is 8.94. The largest absolute Gasteiger partial charge is 0.489 e. The average molecular weight is 420 g/mol. The lowest BCUT2D eigenvalue weighted by molar-refractivity contribution is -0.147. The van der Waals surface area contributed by atoms with Crippen LogP contribution in [0.25, 0.3) is 0 Å². The maximum atomic E-state index is 12.8. The highest BCUT2D eigenvalue weighted by molar-refractivity contribution is 6.30.